The van der Waals surface area contributed by atoms with Gasteiger partial charge in [-0.05, 0) is 24.1 Å². The molecular weight excluding hydrogens is 241 g/mol. The molecule has 98 valence electrons. The summed E-state index contributed by atoms with van der Waals surface area (Å²) in [7, 11) is 0. The molecule has 3 rings (SSSR count). The largest absolute Gasteiger partial charge is 0.485 e. The van der Waals surface area contributed by atoms with Gasteiger partial charge in [0.25, 0.3) is 0 Å². The van der Waals surface area contributed by atoms with Crippen LogP contribution in [0.15, 0.2) is 42.5 Å². The summed E-state index contributed by atoms with van der Waals surface area (Å²) in [5, 5.41) is 0. The maximum Gasteiger partial charge on any atom is 0.127 e. The number of fused-ring (bicyclic) bond motifs is 1. The number of halogens is 1. The summed E-state index contributed by atoms with van der Waals surface area (Å²) in [6.07, 6.45) is 0.606. The molecular formula is C16H16FNO. The summed E-state index contributed by atoms with van der Waals surface area (Å²) >= 11 is 0. The number of ether oxygens (including phenoxy) is 1. The second-order valence-electron chi connectivity index (χ2n) is 4.99. The van der Waals surface area contributed by atoms with Gasteiger partial charge in [0.2, 0.25) is 0 Å². The molecule has 1 aliphatic rings. The first-order valence-corrected chi connectivity index (χ1v) is 6.42. The van der Waals surface area contributed by atoms with Gasteiger partial charge in [0.05, 0.1) is 0 Å². The quantitative estimate of drug-likeness (QED) is 0.846. The maximum atomic E-state index is 13.3. The fourth-order valence-electron chi connectivity index (χ4n) is 2.61. The number of hydrogen-bond acceptors (Lipinski definition) is 2. The normalized spacial score (nSPS) is 21.6. The van der Waals surface area contributed by atoms with Gasteiger partial charge in [-0.25, -0.2) is 4.39 Å². The summed E-state index contributed by atoms with van der Waals surface area (Å²) in [6, 6.07) is 12.5. The molecule has 19 heavy (non-hydrogen) atoms. The van der Waals surface area contributed by atoms with Gasteiger partial charge in [-0.15, -0.1) is 0 Å². The van der Waals surface area contributed by atoms with Crippen molar-refractivity contribution in [3.8, 4) is 5.75 Å². The minimum atomic E-state index is -0.295. The topological polar surface area (TPSA) is 35.2 Å². The van der Waals surface area contributed by atoms with Crippen LogP contribution in [-0.4, -0.2) is 0 Å². The molecule has 2 nitrogen and oxygen atoms in total. The van der Waals surface area contributed by atoms with E-state index in [4.69, 9.17) is 10.5 Å². The molecule has 3 heteroatoms. The number of aryl methyl sites for hydroxylation is 1. The lowest BCUT2D eigenvalue weighted by atomic mass is 9.92. The smallest absolute Gasteiger partial charge is 0.127 e. The minimum Gasteiger partial charge on any atom is -0.485 e. The predicted molar refractivity (Wildman–Crippen MR) is 72.5 cm³/mol. The lowest BCUT2D eigenvalue weighted by Crippen LogP contribution is -2.24. The molecule has 0 spiro atoms. The van der Waals surface area contributed by atoms with Crippen molar-refractivity contribution in [1.29, 1.82) is 0 Å². The molecule has 0 bridgehead atoms. The molecule has 0 aliphatic carbocycles. The molecule has 2 N–H and O–H groups in total. The lowest BCUT2D eigenvalue weighted by Gasteiger charge is -2.31. The van der Waals surface area contributed by atoms with Gasteiger partial charge >= 0.3 is 0 Å². The Labute approximate surface area is 112 Å². The van der Waals surface area contributed by atoms with Crippen LogP contribution >= 0.6 is 0 Å². The van der Waals surface area contributed by atoms with Gasteiger partial charge in [0.1, 0.15) is 17.7 Å². The molecule has 2 aromatic carbocycles. The van der Waals surface area contributed by atoms with E-state index in [0.717, 1.165) is 11.1 Å². The second kappa shape index (κ2) is 4.67. The van der Waals surface area contributed by atoms with E-state index in [0.29, 0.717) is 12.2 Å². The van der Waals surface area contributed by atoms with Gasteiger partial charge in [0, 0.05) is 24.1 Å². The van der Waals surface area contributed by atoms with Gasteiger partial charge in [-0.2, -0.15) is 0 Å². The van der Waals surface area contributed by atoms with Crippen molar-refractivity contribution in [2.45, 2.75) is 25.5 Å². The summed E-state index contributed by atoms with van der Waals surface area (Å²) in [5.41, 5.74) is 9.34. The molecule has 0 aromatic heterocycles. The van der Waals surface area contributed by atoms with E-state index in [-0.39, 0.29) is 18.0 Å². The average Bonchev–Trinajstić information content (AvgIpc) is 2.38. The summed E-state index contributed by atoms with van der Waals surface area (Å²) in [6.45, 7) is 2.05. The van der Waals surface area contributed by atoms with Gasteiger partial charge in [0.15, 0.2) is 0 Å². The summed E-state index contributed by atoms with van der Waals surface area (Å²) in [4.78, 5) is 0. The highest BCUT2D eigenvalue weighted by molar-refractivity contribution is 5.40. The Bertz CT molecular complexity index is 611. The van der Waals surface area contributed by atoms with Crippen LogP contribution in [0, 0.1) is 12.7 Å². The molecule has 2 aromatic rings. The Morgan fingerprint density at radius 2 is 1.95 bits per heavy atom. The zero-order valence-corrected chi connectivity index (χ0v) is 10.8. The van der Waals surface area contributed by atoms with Crippen molar-refractivity contribution in [1.82, 2.24) is 0 Å². The van der Waals surface area contributed by atoms with Crippen molar-refractivity contribution < 1.29 is 9.13 Å². The minimum absolute atomic E-state index is 0.106. The van der Waals surface area contributed by atoms with Crippen LogP contribution in [0.5, 0.6) is 5.75 Å². The summed E-state index contributed by atoms with van der Waals surface area (Å²) < 4.78 is 19.2. The van der Waals surface area contributed by atoms with Crippen molar-refractivity contribution >= 4 is 0 Å². The molecule has 0 radical (unpaired) electrons. The highest BCUT2D eigenvalue weighted by atomic mass is 19.1. The second-order valence-corrected chi connectivity index (χ2v) is 4.99. The molecule has 1 aliphatic heterocycles. The van der Waals surface area contributed by atoms with Crippen LogP contribution in [0.2, 0.25) is 0 Å². The Morgan fingerprint density at radius 3 is 2.74 bits per heavy atom. The van der Waals surface area contributed by atoms with Crippen molar-refractivity contribution in [3.05, 3.63) is 65.0 Å². The van der Waals surface area contributed by atoms with Crippen molar-refractivity contribution in [2.75, 3.05) is 0 Å². The Hall–Kier alpha value is -1.87. The van der Waals surface area contributed by atoms with Crippen molar-refractivity contribution in [3.63, 3.8) is 0 Å². The van der Waals surface area contributed by atoms with E-state index in [1.54, 1.807) is 6.07 Å². The van der Waals surface area contributed by atoms with Gasteiger partial charge in [-0.3, -0.25) is 0 Å². The number of hydrogen-bond donors (Lipinski definition) is 1. The van der Waals surface area contributed by atoms with Crippen LogP contribution in [0.3, 0.4) is 0 Å². The van der Waals surface area contributed by atoms with Crippen LogP contribution in [0.1, 0.15) is 35.3 Å². The third-order valence-electron chi connectivity index (χ3n) is 3.65. The fraction of sp³-hybridized carbons (Fsp3) is 0.250. The monoisotopic (exact) mass is 257 g/mol. The Morgan fingerprint density at radius 1 is 1.16 bits per heavy atom. The Balaban J connectivity index is 1.99. The van der Waals surface area contributed by atoms with E-state index in [1.807, 2.05) is 31.2 Å². The molecule has 2 unspecified atom stereocenters. The predicted octanol–water partition coefficient (Wildman–Crippen LogP) is 3.66. The number of nitrogens with two attached hydrogens (primary N) is 1. The molecule has 0 fully saturated rings. The molecule has 1 heterocycles. The van der Waals surface area contributed by atoms with Gasteiger partial charge in [-0.1, -0.05) is 30.3 Å². The van der Waals surface area contributed by atoms with E-state index in [9.17, 15) is 4.39 Å². The number of rotatable bonds is 1. The van der Waals surface area contributed by atoms with Crippen LogP contribution in [0.4, 0.5) is 4.39 Å². The van der Waals surface area contributed by atoms with Crippen LogP contribution < -0.4 is 10.5 Å². The van der Waals surface area contributed by atoms with Crippen molar-refractivity contribution in [2.24, 2.45) is 5.73 Å². The van der Waals surface area contributed by atoms with E-state index in [2.05, 4.69) is 0 Å². The Kier molecular flexibility index (Phi) is 2.99. The number of benzene rings is 2. The van der Waals surface area contributed by atoms with Crippen LogP contribution in [-0.2, 0) is 0 Å². The third kappa shape index (κ3) is 2.22. The van der Waals surface area contributed by atoms with Gasteiger partial charge < -0.3 is 10.5 Å². The highest BCUT2D eigenvalue weighted by Gasteiger charge is 2.28. The lowest BCUT2D eigenvalue weighted by molar-refractivity contribution is 0.160. The highest BCUT2D eigenvalue weighted by Crippen LogP contribution is 2.40. The first-order chi connectivity index (χ1) is 9.15. The standard InChI is InChI=1S/C16H16FNO/c1-10-4-2-3-5-12(10)16-9-14(18)13-7-6-11(17)8-15(13)19-16/h2-8,14,16H,9,18H2,1H3. The molecule has 2 atom stereocenters. The molecule has 0 saturated carbocycles. The van der Waals surface area contributed by atoms with E-state index < -0.39 is 0 Å². The first kappa shape index (κ1) is 12.2. The molecule has 0 amide bonds. The average molecular weight is 257 g/mol. The van der Waals surface area contributed by atoms with Crippen LogP contribution in [0.25, 0.3) is 0 Å². The van der Waals surface area contributed by atoms with E-state index >= 15 is 0 Å². The zero-order chi connectivity index (χ0) is 13.4. The zero-order valence-electron chi connectivity index (χ0n) is 10.8. The third-order valence-corrected chi connectivity index (χ3v) is 3.65. The maximum absolute atomic E-state index is 13.3. The SMILES string of the molecule is Cc1ccccc1C1CC(N)c2ccc(F)cc2O1. The molecule has 0 saturated heterocycles. The van der Waals surface area contributed by atoms with E-state index in [1.165, 1.54) is 17.7 Å². The first-order valence-electron chi connectivity index (χ1n) is 6.42. The fourth-order valence-corrected chi connectivity index (χ4v) is 2.61. The summed E-state index contributed by atoms with van der Waals surface area (Å²) in [5.74, 6) is 0.267.